The molecule has 4 nitrogen and oxygen atoms in total. The molecule has 2 aromatic rings. The first kappa shape index (κ1) is 24.5. The number of carbonyl (C=O) groups excluding carboxylic acids is 2. The molecule has 1 atom stereocenters. The Morgan fingerprint density at radius 2 is 1.63 bits per heavy atom. The van der Waals surface area contributed by atoms with Crippen LogP contribution in [0.4, 0.5) is 0 Å². The molecular weight excluding hydrogens is 443 g/mol. The molecule has 30 heavy (non-hydrogen) atoms. The second-order valence-corrected chi connectivity index (χ2v) is 8.34. The van der Waals surface area contributed by atoms with Crippen LogP contribution in [-0.2, 0) is 22.6 Å². The van der Waals surface area contributed by atoms with E-state index in [4.69, 9.17) is 34.8 Å². The van der Waals surface area contributed by atoms with Gasteiger partial charge >= 0.3 is 0 Å². The van der Waals surface area contributed by atoms with E-state index in [-0.39, 0.29) is 24.8 Å². The normalized spacial score (nSPS) is 11.8. The Kier molecular flexibility index (Phi) is 9.96. The molecule has 0 aromatic heterocycles. The third-order valence-electron chi connectivity index (χ3n) is 4.87. The number of carbonyl (C=O) groups is 2. The lowest BCUT2D eigenvalue weighted by Gasteiger charge is -2.31. The summed E-state index contributed by atoms with van der Waals surface area (Å²) in [4.78, 5) is 27.8. The maximum Gasteiger partial charge on any atom is 0.242 e. The molecule has 7 heteroatoms. The monoisotopic (exact) mass is 468 g/mol. The number of hydrogen-bond acceptors (Lipinski definition) is 2. The van der Waals surface area contributed by atoms with Crippen molar-refractivity contribution in [3.05, 3.63) is 68.7 Å². The van der Waals surface area contributed by atoms with Gasteiger partial charge in [0.25, 0.3) is 0 Å². The predicted molar refractivity (Wildman–Crippen MR) is 124 cm³/mol. The Bertz CT molecular complexity index is 836. The van der Waals surface area contributed by atoms with Crippen LogP contribution >= 0.6 is 34.8 Å². The van der Waals surface area contributed by atoms with Crippen LogP contribution in [0.25, 0.3) is 0 Å². The molecule has 0 fully saturated rings. The molecule has 2 rings (SSSR count). The van der Waals surface area contributed by atoms with Gasteiger partial charge in [-0.05, 0) is 48.2 Å². The Hall–Kier alpha value is -1.75. The number of halogens is 3. The zero-order valence-corrected chi connectivity index (χ0v) is 19.5. The summed E-state index contributed by atoms with van der Waals surface area (Å²) >= 11 is 18.5. The highest BCUT2D eigenvalue weighted by atomic mass is 35.5. The summed E-state index contributed by atoms with van der Waals surface area (Å²) in [7, 11) is 0. The summed E-state index contributed by atoms with van der Waals surface area (Å²) < 4.78 is 0. The van der Waals surface area contributed by atoms with E-state index < -0.39 is 6.04 Å². The quantitative estimate of drug-likeness (QED) is 0.440. The van der Waals surface area contributed by atoms with Crippen LogP contribution in [0.3, 0.4) is 0 Å². The van der Waals surface area contributed by atoms with Gasteiger partial charge in [0.15, 0.2) is 0 Å². The second-order valence-electron chi connectivity index (χ2n) is 7.09. The average molecular weight is 470 g/mol. The largest absolute Gasteiger partial charge is 0.354 e. The van der Waals surface area contributed by atoms with Gasteiger partial charge in [-0.3, -0.25) is 9.59 Å². The molecule has 162 valence electrons. The highest BCUT2D eigenvalue weighted by Crippen LogP contribution is 2.26. The van der Waals surface area contributed by atoms with E-state index >= 15 is 0 Å². The number of benzene rings is 2. The molecule has 0 bridgehead atoms. The Morgan fingerprint density at radius 3 is 2.20 bits per heavy atom. The second kappa shape index (κ2) is 12.2. The molecule has 0 spiro atoms. The molecule has 0 aliphatic rings. The smallest absolute Gasteiger partial charge is 0.242 e. The van der Waals surface area contributed by atoms with E-state index in [9.17, 15) is 9.59 Å². The minimum absolute atomic E-state index is 0.0187. The summed E-state index contributed by atoms with van der Waals surface area (Å²) in [6, 6.07) is 11.8. The summed E-state index contributed by atoms with van der Waals surface area (Å²) in [6.45, 7) is 4.84. The minimum atomic E-state index is -0.591. The van der Waals surface area contributed by atoms with Crippen LogP contribution in [0.2, 0.25) is 15.1 Å². The molecule has 0 saturated heterocycles. The molecule has 0 aliphatic heterocycles. The number of amides is 2. The lowest BCUT2D eigenvalue weighted by atomic mass is 10.1. The van der Waals surface area contributed by atoms with E-state index in [1.165, 1.54) is 0 Å². The van der Waals surface area contributed by atoms with E-state index in [1.807, 2.05) is 19.1 Å². The van der Waals surface area contributed by atoms with Crippen molar-refractivity contribution in [2.45, 2.75) is 52.1 Å². The third kappa shape index (κ3) is 6.90. The number of nitrogens with zero attached hydrogens (tertiary/aromatic N) is 1. The highest BCUT2D eigenvalue weighted by molar-refractivity contribution is 6.36. The van der Waals surface area contributed by atoms with Crippen molar-refractivity contribution in [1.82, 2.24) is 10.2 Å². The van der Waals surface area contributed by atoms with Crippen LogP contribution in [0.1, 0.15) is 44.2 Å². The van der Waals surface area contributed by atoms with Gasteiger partial charge in [-0.15, -0.1) is 0 Å². The lowest BCUT2D eigenvalue weighted by Crippen LogP contribution is -2.49. The van der Waals surface area contributed by atoms with Crippen molar-refractivity contribution in [2.75, 3.05) is 6.54 Å². The van der Waals surface area contributed by atoms with Gasteiger partial charge in [0.1, 0.15) is 6.04 Å². The molecule has 2 amide bonds. The molecule has 1 N–H and O–H groups in total. The SMILES string of the molecule is CCCCNC(=O)C(CC)N(Cc1ccc(Cl)cc1)C(=O)Cc1c(Cl)cccc1Cl. The van der Waals surface area contributed by atoms with Crippen LogP contribution in [0.15, 0.2) is 42.5 Å². The molecule has 1 unspecified atom stereocenters. The lowest BCUT2D eigenvalue weighted by molar-refractivity contribution is -0.140. The Labute approximate surface area is 193 Å². The zero-order chi connectivity index (χ0) is 22.1. The Morgan fingerprint density at radius 1 is 1.00 bits per heavy atom. The summed E-state index contributed by atoms with van der Waals surface area (Å²) in [6.07, 6.45) is 2.39. The first-order chi connectivity index (χ1) is 14.4. The fraction of sp³-hybridized carbons (Fsp3) is 0.391. The van der Waals surface area contributed by atoms with Gasteiger partial charge in [-0.2, -0.15) is 0 Å². The van der Waals surface area contributed by atoms with Gasteiger partial charge in [-0.1, -0.05) is 73.3 Å². The van der Waals surface area contributed by atoms with Gasteiger partial charge in [-0.25, -0.2) is 0 Å². The van der Waals surface area contributed by atoms with E-state index in [0.29, 0.717) is 33.6 Å². The van der Waals surface area contributed by atoms with Gasteiger partial charge in [0.2, 0.25) is 11.8 Å². The van der Waals surface area contributed by atoms with Crippen molar-refractivity contribution < 1.29 is 9.59 Å². The predicted octanol–water partition coefficient (Wildman–Crippen LogP) is 5.91. The maximum atomic E-state index is 13.3. The molecule has 0 saturated carbocycles. The van der Waals surface area contributed by atoms with Crippen molar-refractivity contribution >= 4 is 46.6 Å². The topological polar surface area (TPSA) is 49.4 Å². The standard InChI is InChI=1S/C23H27Cl3N2O2/c1-3-5-13-27-23(30)21(4-2)28(15-16-9-11-17(24)12-10-16)22(29)14-18-19(25)7-6-8-20(18)26/h6-12,21H,3-5,13-15H2,1-2H3,(H,27,30). The molecule has 0 heterocycles. The van der Waals surface area contributed by atoms with E-state index in [0.717, 1.165) is 18.4 Å². The summed E-state index contributed by atoms with van der Waals surface area (Å²) in [5.41, 5.74) is 1.45. The van der Waals surface area contributed by atoms with Crippen molar-refractivity contribution in [2.24, 2.45) is 0 Å². The van der Waals surface area contributed by atoms with E-state index in [1.54, 1.807) is 35.2 Å². The number of unbranched alkanes of at least 4 members (excludes halogenated alkanes) is 1. The molecule has 0 aliphatic carbocycles. The zero-order valence-electron chi connectivity index (χ0n) is 17.3. The fourth-order valence-corrected chi connectivity index (χ4v) is 3.82. The third-order valence-corrected chi connectivity index (χ3v) is 5.83. The van der Waals surface area contributed by atoms with Gasteiger partial charge < -0.3 is 10.2 Å². The van der Waals surface area contributed by atoms with Crippen LogP contribution in [-0.4, -0.2) is 29.3 Å². The van der Waals surface area contributed by atoms with Crippen molar-refractivity contribution in [3.63, 3.8) is 0 Å². The minimum Gasteiger partial charge on any atom is -0.354 e. The number of rotatable bonds is 10. The number of nitrogens with one attached hydrogen (secondary N) is 1. The van der Waals surface area contributed by atoms with Crippen LogP contribution in [0.5, 0.6) is 0 Å². The summed E-state index contributed by atoms with van der Waals surface area (Å²) in [5, 5.41) is 4.43. The van der Waals surface area contributed by atoms with Crippen LogP contribution in [0, 0.1) is 0 Å². The number of hydrogen-bond donors (Lipinski definition) is 1. The first-order valence-electron chi connectivity index (χ1n) is 10.1. The molecule has 2 aromatic carbocycles. The Balaban J connectivity index is 2.29. The van der Waals surface area contributed by atoms with Crippen LogP contribution < -0.4 is 5.32 Å². The average Bonchev–Trinajstić information content (AvgIpc) is 2.72. The molecular formula is C23H27Cl3N2O2. The summed E-state index contributed by atoms with van der Waals surface area (Å²) in [5.74, 6) is -0.365. The fourth-order valence-electron chi connectivity index (χ4n) is 3.17. The van der Waals surface area contributed by atoms with Crippen molar-refractivity contribution in [3.8, 4) is 0 Å². The van der Waals surface area contributed by atoms with Gasteiger partial charge in [0, 0.05) is 28.2 Å². The highest BCUT2D eigenvalue weighted by Gasteiger charge is 2.29. The maximum absolute atomic E-state index is 13.3. The van der Waals surface area contributed by atoms with Crippen molar-refractivity contribution in [1.29, 1.82) is 0 Å². The van der Waals surface area contributed by atoms with E-state index in [2.05, 4.69) is 12.2 Å². The molecule has 0 radical (unpaired) electrons. The van der Waals surface area contributed by atoms with Gasteiger partial charge in [0.05, 0.1) is 6.42 Å². The first-order valence-corrected chi connectivity index (χ1v) is 11.2.